The van der Waals surface area contributed by atoms with E-state index in [-0.39, 0.29) is 6.29 Å². The highest BCUT2D eigenvalue weighted by Crippen LogP contribution is 2.23. The van der Waals surface area contributed by atoms with Crippen LogP contribution in [0.2, 0.25) is 0 Å². The molecule has 0 spiro atoms. The molecule has 1 aliphatic heterocycles. The van der Waals surface area contributed by atoms with Crippen molar-refractivity contribution in [3.8, 4) is 0 Å². The van der Waals surface area contributed by atoms with Crippen LogP contribution in [0, 0.1) is 0 Å². The summed E-state index contributed by atoms with van der Waals surface area (Å²) >= 11 is 0. The SMILES string of the molecule is CNC1N=C(C)c2c(ncn2C)N1C. The van der Waals surface area contributed by atoms with Gasteiger partial charge in [0.25, 0.3) is 0 Å². The summed E-state index contributed by atoms with van der Waals surface area (Å²) in [4.78, 5) is 10.9. The van der Waals surface area contributed by atoms with Gasteiger partial charge in [0.05, 0.1) is 12.0 Å². The summed E-state index contributed by atoms with van der Waals surface area (Å²) in [6, 6.07) is 0. The van der Waals surface area contributed by atoms with Crippen molar-refractivity contribution in [2.45, 2.75) is 13.2 Å². The second kappa shape index (κ2) is 3.09. The highest BCUT2D eigenvalue weighted by Gasteiger charge is 2.25. The summed E-state index contributed by atoms with van der Waals surface area (Å²) in [5, 5.41) is 3.12. The van der Waals surface area contributed by atoms with Crippen LogP contribution < -0.4 is 10.2 Å². The average Bonchev–Trinajstić information content (AvgIpc) is 2.54. The Morgan fingerprint density at radius 2 is 2.14 bits per heavy atom. The van der Waals surface area contributed by atoms with E-state index < -0.39 is 0 Å². The molecule has 2 rings (SSSR count). The Morgan fingerprint density at radius 3 is 2.79 bits per heavy atom. The maximum Gasteiger partial charge on any atom is 0.177 e. The molecular weight excluding hydrogens is 178 g/mol. The van der Waals surface area contributed by atoms with Gasteiger partial charge in [-0.05, 0) is 14.0 Å². The minimum Gasteiger partial charge on any atom is -0.331 e. The second-order valence-electron chi connectivity index (χ2n) is 3.52. The van der Waals surface area contributed by atoms with Crippen LogP contribution >= 0.6 is 0 Å². The van der Waals surface area contributed by atoms with Crippen LogP contribution in [0.25, 0.3) is 0 Å². The largest absolute Gasteiger partial charge is 0.331 e. The molecule has 5 heteroatoms. The molecule has 0 aromatic carbocycles. The molecule has 14 heavy (non-hydrogen) atoms. The van der Waals surface area contributed by atoms with Gasteiger partial charge in [-0.3, -0.25) is 5.32 Å². The Labute approximate surface area is 83.5 Å². The molecule has 0 aliphatic carbocycles. The zero-order chi connectivity index (χ0) is 10.3. The fourth-order valence-electron chi connectivity index (χ4n) is 1.80. The lowest BCUT2D eigenvalue weighted by Crippen LogP contribution is -2.44. The van der Waals surface area contributed by atoms with Crippen LogP contribution in [-0.4, -0.2) is 35.6 Å². The lowest BCUT2D eigenvalue weighted by molar-refractivity contribution is 0.565. The van der Waals surface area contributed by atoms with E-state index in [1.165, 1.54) is 0 Å². The van der Waals surface area contributed by atoms with Crippen molar-refractivity contribution in [3.05, 3.63) is 12.0 Å². The number of fused-ring (bicyclic) bond motifs is 1. The normalized spacial score (nSPS) is 20.7. The predicted molar refractivity (Wildman–Crippen MR) is 56.7 cm³/mol. The van der Waals surface area contributed by atoms with Crippen molar-refractivity contribution in [3.63, 3.8) is 0 Å². The van der Waals surface area contributed by atoms with Crippen LogP contribution in [0.15, 0.2) is 11.3 Å². The van der Waals surface area contributed by atoms with E-state index in [2.05, 4.69) is 15.3 Å². The maximum absolute atomic E-state index is 4.53. The second-order valence-corrected chi connectivity index (χ2v) is 3.52. The number of aliphatic imine (C=N–C) groups is 1. The third kappa shape index (κ3) is 1.13. The zero-order valence-electron chi connectivity index (χ0n) is 8.94. The van der Waals surface area contributed by atoms with Crippen molar-refractivity contribution in [1.29, 1.82) is 0 Å². The third-order valence-corrected chi connectivity index (χ3v) is 2.54. The fraction of sp³-hybridized carbons (Fsp3) is 0.556. The number of hydrogen-bond donors (Lipinski definition) is 1. The number of rotatable bonds is 1. The number of aryl methyl sites for hydroxylation is 1. The molecule has 0 amide bonds. The van der Waals surface area contributed by atoms with Crippen molar-refractivity contribution < 1.29 is 0 Å². The minimum absolute atomic E-state index is 0.00241. The Balaban J connectivity index is 2.52. The molecule has 0 saturated carbocycles. The zero-order valence-corrected chi connectivity index (χ0v) is 8.94. The Bertz CT molecular complexity index is 379. The first-order valence-corrected chi connectivity index (χ1v) is 4.61. The number of nitrogens with zero attached hydrogens (tertiary/aromatic N) is 4. The summed E-state index contributed by atoms with van der Waals surface area (Å²) in [5.74, 6) is 0.986. The molecule has 1 unspecified atom stereocenters. The van der Waals surface area contributed by atoms with Gasteiger partial charge in [-0.2, -0.15) is 0 Å². The molecule has 0 saturated heterocycles. The van der Waals surface area contributed by atoms with Gasteiger partial charge in [-0.25, -0.2) is 9.98 Å². The van der Waals surface area contributed by atoms with Gasteiger partial charge in [0, 0.05) is 14.1 Å². The summed E-state index contributed by atoms with van der Waals surface area (Å²) in [7, 11) is 5.87. The molecule has 1 atom stereocenters. The third-order valence-electron chi connectivity index (χ3n) is 2.54. The molecule has 5 nitrogen and oxygen atoms in total. The number of imidazole rings is 1. The topological polar surface area (TPSA) is 45.5 Å². The fourth-order valence-corrected chi connectivity index (χ4v) is 1.80. The number of anilines is 1. The maximum atomic E-state index is 4.53. The minimum atomic E-state index is -0.00241. The van der Waals surface area contributed by atoms with Gasteiger partial charge >= 0.3 is 0 Å². The number of aromatic nitrogens is 2. The van der Waals surface area contributed by atoms with E-state index in [1.807, 2.05) is 43.9 Å². The summed E-state index contributed by atoms with van der Waals surface area (Å²) in [6.45, 7) is 2.01. The Kier molecular flexibility index (Phi) is 2.03. The molecule has 1 N–H and O–H groups in total. The highest BCUT2D eigenvalue weighted by molar-refractivity contribution is 6.02. The van der Waals surface area contributed by atoms with Gasteiger partial charge in [-0.1, -0.05) is 0 Å². The standard InChI is InChI=1S/C9H15N5/c1-6-7-8(11-5-13(7)3)14(4)9(10-2)12-6/h5,9-10H,1-4H3. The monoisotopic (exact) mass is 193 g/mol. The first kappa shape index (κ1) is 9.21. The molecule has 1 aliphatic rings. The highest BCUT2D eigenvalue weighted by atomic mass is 15.4. The molecule has 2 heterocycles. The lowest BCUT2D eigenvalue weighted by Gasteiger charge is -2.29. The molecule has 0 fully saturated rings. The van der Waals surface area contributed by atoms with Crippen molar-refractivity contribution in [1.82, 2.24) is 14.9 Å². The summed E-state index contributed by atoms with van der Waals surface area (Å²) in [6.07, 6.45) is 1.82. The van der Waals surface area contributed by atoms with E-state index in [0.717, 1.165) is 17.2 Å². The first-order chi connectivity index (χ1) is 6.65. The van der Waals surface area contributed by atoms with E-state index in [4.69, 9.17) is 0 Å². The van der Waals surface area contributed by atoms with Crippen molar-refractivity contribution >= 4 is 11.5 Å². The summed E-state index contributed by atoms with van der Waals surface area (Å²) < 4.78 is 2.00. The van der Waals surface area contributed by atoms with Gasteiger partial charge in [-0.15, -0.1) is 0 Å². The molecule has 1 aromatic heterocycles. The number of nitrogens with one attached hydrogen (secondary N) is 1. The molecular formula is C9H15N5. The lowest BCUT2D eigenvalue weighted by atomic mass is 10.2. The van der Waals surface area contributed by atoms with Crippen LogP contribution in [0.5, 0.6) is 0 Å². The molecule has 0 radical (unpaired) electrons. The molecule has 76 valence electrons. The van der Waals surface area contributed by atoms with E-state index in [1.54, 1.807) is 0 Å². The van der Waals surface area contributed by atoms with Crippen LogP contribution in [-0.2, 0) is 7.05 Å². The van der Waals surface area contributed by atoms with Crippen molar-refractivity contribution in [2.24, 2.45) is 12.0 Å². The first-order valence-electron chi connectivity index (χ1n) is 4.61. The molecule has 0 bridgehead atoms. The van der Waals surface area contributed by atoms with Crippen molar-refractivity contribution in [2.75, 3.05) is 19.0 Å². The van der Waals surface area contributed by atoms with E-state index in [9.17, 15) is 0 Å². The van der Waals surface area contributed by atoms with E-state index >= 15 is 0 Å². The molecule has 1 aromatic rings. The van der Waals surface area contributed by atoms with Gasteiger partial charge in [0.15, 0.2) is 12.1 Å². The average molecular weight is 193 g/mol. The summed E-state index contributed by atoms with van der Waals surface area (Å²) in [5.41, 5.74) is 2.12. The van der Waals surface area contributed by atoms with Gasteiger partial charge < -0.3 is 9.47 Å². The van der Waals surface area contributed by atoms with Gasteiger partial charge in [0.2, 0.25) is 0 Å². The predicted octanol–water partition coefficient (Wildman–Crippen LogP) is 0.182. The quantitative estimate of drug-likeness (QED) is 0.692. The van der Waals surface area contributed by atoms with Crippen LogP contribution in [0.1, 0.15) is 12.6 Å². The smallest absolute Gasteiger partial charge is 0.177 e. The van der Waals surface area contributed by atoms with Crippen LogP contribution in [0.3, 0.4) is 0 Å². The number of hydrogen-bond acceptors (Lipinski definition) is 4. The van der Waals surface area contributed by atoms with Gasteiger partial charge in [0.1, 0.15) is 5.69 Å². The van der Waals surface area contributed by atoms with E-state index in [0.29, 0.717) is 0 Å². The Morgan fingerprint density at radius 1 is 1.43 bits per heavy atom. The van der Waals surface area contributed by atoms with Crippen LogP contribution in [0.4, 0.5) is 5.82 Å². The Hall–Kier alpha value is -1.36.